The third kappa shape index (κ3) is 5.22. The Morgan fingerprint density at radius 1 is 1.24 bits per heavy atom. The lowest BCUT2D eigenvalue weighted by atomic mass is 10.3. The van der Waals surface area contributed by atoms with Crippen LogP contribution >= 0.6 is 34.8 Å². The second-order valence-electron chi connectivity index (χ2n) is 3.04. The van der Waals surface area contributed by atoms with E-state index in [1.165, 1.54) is 0 Å². The fourth-order valence-electron chi connectivity index (χ4n) is 1.01. The number of anilines is 1. The van der Waals surface area contributed by atoms with Crippen molar-refractivity contribution in [3.63, 3.8) is 0 Å². The molecule has 0 aromatic heterocycles. The van der Waals surface area contributed by atoms with E-state index in [0.717, 1.165) is 0 Å². The van der Waals surface area contributed by atoms with Gasteiger partial charge in [0.15, 0.2) is 0 Å². The van der Waals surface area contributed by atoms with E-state index < -0.39 is 0 Å². The molecule has 0 spiro atoms. The summed E-state index contributed by atoms with van der Waals surface area (Å²) in [5, 5.41) is 3.77. The number of aliphatic imine (C=N–C) groups is 2. The molecular formula is C11H10Cl3N3. The predicted octanol–water partition coefficient (Wildman–Crippen LogP) is 4.48. The maximum atomic E-state index is 5.96. The Morgan fingerprint density at radius 2 is 1.88 bits per heavy atom. The van der Waals surface area contributed by atoms with Crippen molar-refractivity contribution in [1.29, 1.82) is 0 Å². The Labute approximate surface area is 115 Å². The molecule has 0 heterocycles. The molecule has 0 aliphatic carbocycles. The number of para-hydroxylation sites is 1. The highest BCUT2D eigenvalue weighted by atomic mass is 35.5. The number of benzene rings is 1. The third-order valence-electron chi connectivity index (χ3n) is 1.63. The molecule has 0 unspecified atom stereocenters. The number of amidine groups is 1. The van der Waals surface area contributed by atoms with Gasteiger partial charge in [0.2, 0.25) is 5.29 Å². The molecule has 0 bridgehead atoms. The molecule has 0 aliphatic rings. The summed E-state index contributed by atoms with van der Waals surface area (Å²) in [4.78, 5) is 7.64. The van der Waals surface area contributed by atoms with Crippen molar-refractivity contribution in [2.75, 3.05) is 5.32 Å². The van der Waals surface area contributed by atoms with Crippen LogP contribution in [0.3, 0.4) is 0 Å². The van der Waals surface area contributed by atoms with Crippen LogP contribution in [0.5, 0.6) is 0 Å². The molecule has 6 heteroatoms. The normalized spacial score (nSPS) is 12.5. The molecule has 0 radical (unpaired) electrons. The molecule has 1 N–H and O–H groups in total. The molecule has 0 fully saturated rings. The molecule has 3 nitrogen and oxygen atoms in total. The first kappa shape index (κ1) is 14.0. The topological polar surface area (TPSA) is 36.8 Å². The lowest BCUT2D eigenvalue weighted by Crippen LogP contribution is -1.98. The van der Waals surface area contributed by atoms with Crippen LogP contribution in [0.2, 0.25) is 5.02 Å². The van der Waals surface area contributed by atoms with Crippen molar-refractivity contribution in [3.05, 3.63) is 41.7 Å². The van der Waals surface area contributed by atoms with Gasteiger partial charge in [0.05, 0.1) is 10.7 Å². The second-order valence-corrected chi connectivity index (χ2v) is 4.33. The number of hydrogen-bond acceptors (Lipinski definition) is 2. The van der Waals surface area contributed by atoms with Crippen LogP contribution in [-0.4, -0.2) is 10.5 Å². The zero-order valence-electron chi connectivity index (χ0n) is 9.04. The summed E-state index contributed by atoms with van der Waals surface area (Å²) in [6, 6.07) is 7.22. The van der Waals surface area contributed by atoms with Gasteiger partial charge in [-0.15, -0.1) is 0 Å². The number of nitrogens with one attached hydrogen (secondary N) is 1. The summed E-state index contributed by atoms with van der Waals surface area (Å²) in [5.41, 5.74) is 0.693. The van der Waals surface area contributed by atoms with Crippen LogP contribution in [-0.2, 0) is 0 Å². The van der Waals surface area contributed by atoms with Crippen molar-refractivity contribution in [2.24, 2.45) is 9.98 Å². The smallest absolute Gasteiger partial charge is 0.225 e. The van der Waals surface area contributed by atoms with Gasteiger partial charge in [-0.1, -0.05) is 41.9 Å². The van der Waals surface area contributed by atoms with Crippen molar-refractivity contribution < 1.29 is 0 Å². The van der Waals surface area contributed by atoms with E-state index in [-0.39, 0.29) is 5.29 Å². The zero-order chi connectivity index (χ0) is 12.8. The first-order valence-corrected chi connectivity index (χ1v) is 5.78. The van der Waals surface area contributed by atoms with Crippen LogP contribution in [0, 0.1) is 0 Å². The van der Waals surface area contributed by atoms with Crippen LogP contribution in [0.1, 0.15) is 6.92 Å². The van der Waals surface area contributed by atoms with Gasteiger partial charge in [0, 0.05) is 0 Å². The van der Waals surface area contributed by atoms with Crippen molar-refractivity contribution in [2.45, 2.75) is 6.92 Å². The lowest BCUT2D eigenvalue weighted by molar-refractivity contribution is 1.32. The molecule has 0 saturated heterocycles. The minimum atomic E-state index is 0.00190. The highest BCUT2D eigenvalue weighted by Gasteiger charge is 2.00. The molecule has 0 saturated carbocycles. The number of hydrogen-bond donors (Lipinski definition) is 1. The molecule has 1 aromatic carbocycles. The Morgan fingerprint density at radius 3 is 2.47 bits per heavy atom. The number of halogens is 3. The molecule has 0 atom stereocenters. The Balaban J connectivity index is 2.75. The number of nitrogens with zero attached hydrogens (tertiary/aromatic N) is 2. The second kappa shape index (κ2) is 6.64. The van der Waals surface area contributed by atoms with Crippen LogP contribution in [0.4, 0.5) is 5.69 Å². The van der Waals surface area contributed by atoms with Crippen molar-refractivity contribution in [1.82, 2.24) is 0 Å². The van der Waals surface area contributed by atoms with Gasteiger partial charge in [0.25, 0.3) is 0 Å². The quantitative estimate of drug-likeness (QED) is 0.497. The van der Waals surface area contributed by atoms with Crippen molar-refractivity contribution >= 4 is 51.0 Å². The monoisotopic (exact) mass is 289 g/mol. The van der Waals surface area contributed by atoms with Gasteiger partial charge >= 0.3 is 0 Å². The lowest BCUT2D eigenvalue weighted by Gasteiger charge is -2.06. The summed E-state index contributed by atoms with van der Waals surface area (Å²) in [5.74, 6) is 0.324. The first-order chi connectivity index (χ1) is 7.99. The molecule has 0 amide bonds. The predicted molar refractivity (Wildman–Crippen MR) is 76.5 cm³/mol. The van der Waals surface area contributed by atoms with E-state index in [2.05, 4.69) is 21.9 Å². The van der Waals surface area contributed by atoms with Crippen LogP contribution in [0.15, 0.2) is 46.7 Å². The SMILES string of the molecule is C=C(/N=C(Cl)\N=C(/C)Cl)Nc1ccccc1Cl. The van der Waals surface area contributed by atoms with Gasteiger partial charge in [0.1, 0.15) is 11.0 Å². The molecule has 1 aromatic rings. The largest absolute Gasteiger partial charge is 0.339 e. The minimum Gasteiger partial charge on any atom is -0.339 e. The fraction of sp³-hybridized carbons (Fsp3) is 0.0909. The minimum absolute atomic E-state index is 0.00190. The highest BCUT2D eigenvalue weighted by molar-refractivity contribution is 6.71. The summed E-state index contributed by atoms with van der Waals surface area (Å²) in [6.07, 6.45) is 0. The van der Waals surface area contributed by atoms with E-state index in [4.69, 9.17) is 34.8 Å². The van der Waals surface area contributed by atoms with Crippen molar-refractivity contribution in [3.8, 4) is 0 Å². The van der Waals surface area contributed by atoms with E-state index in [0.29, 0.717) is 21.7 Å². The van der Waals surface area contributed by atoms with Gasteiger partial charge < -0.3 is 5.32 Å². The molecule has 0 aliphatic heterocycles. The average molecular weight is 291 g/mol. The Hall–Kier alpha value is -1.03. The molecule has 90 valence electrons. The standard InChI is InChI=1S/C11H10Cl3N3/c1-7(12)15-11(14)17-8(2)16-10-6-4-3-5-9(10)13/h3-6,16H,2H2,1H3/b15-7+,17-11-. The van der Waals surface area contributed by atoms with Gasteiger partial charge in [-0.05, 0) is 30.7 Å². The van der Waals surface area contributed by atoms with E-state index >= 15 is 0 Å². The summed E-state index contributed by atoms with van der Waals surface area (Å²) in [6.45, 7) is 5.29. The van der Waals surface area contributed by atoms with E-state index in [9.17, 15) is 0 Å². The maximum Gasteiger partial charge on any atom is 0.225 e. The third-order valence-corrected chi connectivity index (χ3v) is 2.21. The molecule has 17 heavy (non-hydrogen) atoms. The number of rotatable bonds is 3. The molecule has 1 rings (SSSR count). The zero-order valence-corrected chi connectivity index (χ0v) is 11.3. The summed E-state index contributed by atoms with van der Waals surface area (Å²) < 4.78 is 0. The van der Waals surface area contributed by atoms with Gasteiger partial charge in [-0.2, -0.15) is 0 Å². The van der Waals surface area contributed by atoms with Crippen LogP contribution < -0.4 is 5.32 Å². The van der Waals surface area contributed by atoms with Gasteiger partial charge in [-0.3, -0.25) is 0 Å². The van der Waals surface area contributed by atoms with E-state index in [1.807, 2.05) is 12.1 Å². The maximum absolute atomic E-state index is 5.96. The summed E-state index contributed by atoms with van der Waals surface area (Å²) in [7, 11) is 0. The fourth-order valence-corrected chi connectivity index (χ4v) is 1.54. The van der Waals surface area contributed by atoms with Gasteiger partial charge in [-0.25, -0.2) is 9.98 Å². The summed E-state index contributed by atoms with van der Waals surface area (Å²) >= 11 is 17.2. The first-order valence-electron chi connectivity index (χ1n) is 4.64. The van der Waals surface area contributed by atoms with E-state index in [1.54, 1.807) is 19.1 Å². The highest BCUT2D eigenvalue weighted by Crippen LogP contribution is 2.21. The Bertz CT molecular complexity index is 477. The van der Waals surface area contributed by atoms with Crippen LogP contribution in [0.25, 0.3) is 0 Å². The average Bonchev–Trinajstić information content (AvgIpc) is 2.19. The molecular weight excluding hydrogens is 281 g/mol. The Kier molecular flexibility index (Phi) is 5.48.